The van der Waals surface area contributed by atoms with Crippen LogP contribution in [0.5, 0.6) is 0 Å². The molecular formula is C9H19BNO. The van der Waals surface area contributed by atoms with Gasteiger partial charge in [-0.25, -0.2) is 0 Å². The molecule has 2 unspecified atom stereocenters. The van der Waals surface area contributed by atoms with Gasteiger partial charge in [-0.2, -0.15) is 0 Å². The van der Waals surface area contributed by atoms with Gasteiger partial charge in [-0.15, -0.1) is 0 Å². The predicted octanol–water partition coefficient (Wildman–Crippen LogP) is 1.20. The molecule has 0 aromatic heterocycles. The lowest BCUT2D eigenvalue weighted by atomic mass is 9.73. The van der Waals surface area contributed by atoms with E-state index in [1.807, 2.05) is 0 Å². The van der Waals surface area contributed by atoms with E-state index in [0.717, 1.165) is 13.1 Å². The highest BCUT2D eigenvalue weighted by Gasteiger charge is 2.23. The van der Waals surface area contributed by atoms with Crippen molar-refractivity contribution < 1.29 is 4.74 Å². The van der Waals surface area contributed by atoms with Crippen molar-refractivity contribution in [1.82, 2.24) is 4.90 Å². The molecule has 0 aliphatic carbocycles. The fourth-order valence-electron chi connectivity index (χ4n) is 1.73. The molecule has 0 N–H and O–H groups in total. The summed E-state index contributed by atoms with van der Waals surface area (Å²) in [5.74, 6) is 0. The van der Waals surface area contributed by atoms with Gasteiger partial charge in [-0.1, -0.05) is 20.2 Å². The van der Waals surface area contributed by atoms with Gasteiger partial charge < -0.3 is 9.64 Å². The highest BCUT2D eigenvalue weighted by molar-refractivity contribution is 6.35. The normalized spacial score (nSPS) is 31.9. The van der Waals surface area contributed by atoms with Crippen molar-refractivity contribution in [3.63, 3.8) is 0 Å². The summed E-state index contributed by atoms with van der Waals surface area (Å²) in [5, 5.41) is 0. The second-order valence-electron chi connectivity index (χ2n) is 3.64. The van der Waals surface area contributed by atoms with Gasteiger partial charge in [0.25, 0.3) is 0 Å². The van der Waals surface area contributed by atoms with E-state index < -0.39 is 0 Å². The molecule has 0 bridgehead atoms. The second-order valence-corrected chi connectivity index (χ2v) is 3.64. The molecule has 69 valence electrons. The molecule has 0 spiro atoms. The monoisotopic (exact) mass is 168 g/mol. The third-order valence-electron chi connectivity index (χ3n) is 2.36. The van der Waals surface area contributed by atoms with Crippen molar-refractivity contribution in [1.29, 1.82) is 0 Å². The zero-order valence-corrected chi connectivity index (χ0v) is 8.42. The third kappa shape index (κ3) is 2.79. The summed E-state index contributed by atoms with van der Waals surface area (Å²) >= 11 is 0. The highest BCUT2D eigenvalue weighted by atomic mass is 16.5. The maximum Gasteiger partial charge on any atom is 0.147 e. The molecule has 0 amide bonds. The number of hydrogen-bond donors (Lipinski definition) is 0. The van der Waals surface area contributed by atoms with E-state index in [9.17, 15) is 0 Å². The smallest absolute Gasteiger partial charge is 0.147 e. The minimum Gasteiger partial charge on any atom is -0.381 e. The first-order valence-corrected chi connectivity index (χ1v) is 4.89. The Hall–Kier alpha value is -0.0151. The lowest BCUT2D eigenvalue weighted by molar-refractivity contribution is -0.0462. The van der Waals surface area contributed by atoms with Gasteiger partial charge in [0.15, 0.2) is 0 Å². The average molecular weight is 168 g/mol. The van der Waals surface area contributed by atoms with Gasteiger partial charge in [0.2, 0.25) is 0 Å². The molecule has 0 aromatic carbocycles. The van der Waals surface area contributed by atoms with Gasteiger partial charge in [-0.3, -0.25) is 0 Å². The van der Waals surface area contributed by atoms with Crippen LogP contribution in [0.15, 0.2) is 0 Å². The van der Waals surface area contributed by atoms with Crippen LogP contribution in [0.2, 0.25) is 6.82 Å². The van der Waals surface area contributed by atoms with Crippen molar-refractivity contribution in [2.75, 3.05) is 20.1 Å². The van der Waals surface area contributed by atoms with Crippen molar-refractivity contribution in [2.24, 2.45) is 0 Å². The van der Waals surface area contributed by atoms with Crippen LogP contribution in [0.1, 0.15) is 19.8 Å². The first-order valence-electron chi connectivity index (χ1n) is 4.89. The van der Waals surface area contributed by atoms with E-state index in [0.29, 0.717) is 12.1 Å². The summed E-state index contributed by atoms with van der Waals surface area (Å²) in [5.41, 5.74) is 0. The average Bonchev–Trinajstić information content (AvgIpc) is 2.04. The number of rotatable bonds is 3. The number of likely N-dealkylation sites (N-methyl/N-ethyl adjacent to an activating group) is 1. The summed E-state index contributed by atoms with van der Waals surface area (Å²) in [6.45, 7) is 6.43. The summed E-state index contributed by atoms with van der Waals surface area (Å²) in [7, 11) is 4.32. The minimum absolute atomic E-state index is 0.347. The van der Waals surface area contributed by atoms with Crippen LogP contribution in [-0.4, -0.2) is 44.4 Å². The standard InChI is InChI=1S/C9H19BNO/c1-4-5-8-6-11(3)7-9(10-2)12-8/h8-9H,4-7H2,1-3H3. The Labute approximate surface area is 76.5 Å². The first kappa shape index (κ1) is 10.1. The number of hydrogen-bond acceptors (Lipinski definition) is 2. The second kappa shape index (κ2) is 4.88. The van der Waals surface area contributed by atoms with Gasteiger partial charge in [0.1, 0.15) is 7.28 Å². The number of nitrogens with zero attached hydrogens (tertiary/aromatic N) is 1. The predicted molar refractivity (Wildman–Crippen MR) is 52.7 cm³/mol. The number of morpholine rings is 1. The fraction of sp³-hybridized carbons (Fsp3) is 1.00. The maximum atomic E-state index is 5.85. The number of ether oxygens (including phenoxy) is 1. The summed E-state index contributed by atoms with van der Waals surface area (Å²) in [6.07, 6.45) is 2.86. The quantitative estimate of drug-likeness (QED) is 0.587. The molecule has 1 heterocycles. The van der Waals surface area contributed by atoms with E-state index in [1.54, 1.807) is 0 Å². The van der Waals surface area contributed by atoms with Gasteiger partial charge in [-0.05, 0) is 13.5 Å². The lowest BCUT2D eigenvalue weighted by Crippen LogP contribution is -2.47. The zero-order valence-electron chi connectivity index (χ0n) is 8.42. The van der Waals surface area contributed by atoms with Crippen LogP contribution in [0.3, 0.4) is 0 Å². The Morgan fingerprint density at radius 1 is 1.50 bits per heavy atom. The molecular weight excluding hydrogens is 149 g/mol. The van der Waals surface area contributed by atoms with Crippen molar-refractivity contribution in [3.8, 4) is 0 Å². The molecule has 3 heteroatoms. The van der Waals surface area contributed by atoms with Gasteiger partial charge >= 0.3 is 0 Å². The Bertz CT molecular complexity index is 132. The lowest BCUT2D eigenvalue weighted by Gasteiger charge is -2.35. The molecule has 1 aliphatic rings. The molecule has 0 saturated carbocycles. The van der Waals surface area contributed by atoms with E-state index in [-0.39, 0.29) is 0 Å². The highest BCUT2D eigenvalue weighted by Crippen LogP contribution is 2.13. The topological polar surface area (TPSA) is 12.5 Å². The molecule has 1 fully saturated rings. The molecule has 1 rings (SSSR count). The molecule has 2 nitrogen and oxygen atoms in total. The van der Waals surface area contributed by atoms with Crippen LogP contribution in [0, 0.1) is 0 Å². The Morgan fingerprint density at radius 3 is 2.83 bits per heavy atom. The van der Waals surface area contributed by atoms with Crippen LogP contribution in [-0.2, 0) is 4.74 Å². The molecule has 2 atom stereocenters. The molecule has 1 radical (unpaired) electrons. The molecule has 1 aliphatic heterocycles. The van der Waals surface area contributed by atoms with E-state index in [4.69, 9.17) is 4.74 Å². The summed E-state index contributed by atoms with van der Waals surface area (Å²) in [6, 6.07) is 0.347. The SMILES string of the molecule is C[B]C1CN(C)CC(CCC)O1. The minimum atomic E-state index is 0.347. The largest absolute Gasteiger partial charge is 0.381 e. The van der Waals surface area contributed by atoms with Crippen LogP contribution in [0.25, 0.3) is 0 Å². The Balaban J connectivity index is 2.34. The third-order valence-corrected chi connectivity index (χ3v) is 2.36. The van der Waals surface area contributed by atoms with Crippen molar-refractivity contribution in [2.45, 2.75) is 38.7 Å². The van der Waals surface area contributed by atoms with Crippen molar-refractivity contribution in [3.05, 3.63) is 0 Å². The maximum absolute atomic E-state index is 5.85. The Kier molecular flexibility index (Phi) is 4.09. The van der Waals surface area contributed by atoms with Crippen LogP contribution >= 0.6 is 0 Å². The Morgan fingerprint density at radius 2 is 2.25 bits per heavy atom. The van der Waals surface area contributed by atoms with Crippen LogP contribution < -0.4 is 0 Å². The van der Waals surface area contributed by atoms with E-state index in [2.05, 4.69) is 33.0 Å². The summed E-state index contributed by atoms with van der Waals surface area (Å²) in [4.78, 5) is 2.36. The van der Waals surface area contributed by atoms with Crippen LogP contribution in [0.4, 0.5) is 0 Å². The molecule has 12 heavy (non-hydrogen) atoms. The zero-order chi connectivity index (χ0) is 8.97. The summed E-state index contributed by atoms with van der Waals surface area (Å²) < 4.78 is 5.85. The molecule has 1 saturated heterocycles. The van der Waals surface area contributed by atoms with Gasteiger partial charge in [0.05, 0.1) is 6.10 Å². The molecule has 0 aromatic rings. The van der Waals surface area contributed by atoms with Gasteiger partial charge in [0, 0.05) is 19.1 Å². The first-order chi connectivity index (χ1) is 5.76. The van der Waals surface area contributed by atoms with E-state index >= 15 is 0 Å². The fourth-order valence-corrected chi connectivity index (χ4v) is 1.73. The van der Waals surface area contributed by atoms with Crippen molar-refractivity contribution >= 4 is 7.28 Å². The van der Waals surface area contributed by atoms with E-state index in [1.165, 1.54) is 12.8 Å².